The molecule has 0 aliphatic carbocycles. The lowest BCUT2D eigenvalue weighted by Crippen LogP contribution is -1.79. The van der Waals surface area contributed by atoms with Gasteiger partial charge in [0.2, 0.25) is 0 Å². The Morgan fingerprint density at radius 3 is 2.50 bits per heavy atom. The molecule has 2 heteroatoms. The van der Waals surface area contributed by atoms with Crippen molar-refractivity contribution < 1.29 is 4.79 Å². The molecule has 14 heavy (non-hydrogen) atoms. The Morgan fingerprint density at radius 2 is 1.86 bits per heavy atom. The lowest BCUT2D eigenvalue weighted by Gasteiger charge is -1.87. The van der Waals surface area contributed by atoms with Gasteiger partial charge in [-0.15, -0.1) is 0 Å². The van der Waals surface area contributed by atoms with Crippen LogP contribution in [0.2, 0.25) is 0 Å². The van der Waals surface area contributed by atoms with Gasteiger partial charge in [0.05, 0.1) is 0 Å². The highest BCUT2D eigenvalue weighted by Crippen LogP contribution is 2.19. The van der Waals surface area contributed by atoms with E-state index in [1.807, 2.05) is 45.0 Å². The highest BCUT2D eigenvalue weighted by molar-refractivity contribution is 5.98. The first-order valence-corrected chi connectivity index (χ1v) is 4.85. The minimum Gasteiger partial charge on any atom is -0.358 e. The number of hydrogen-bond donors (Lipinski definition) is 1. The van der Waals surface area contributed by atoms with Gasteiger partial charge in [-0.05, 0) is 13.0 Å². The first-order valence-electron chi connectivity index (χ1n) is 4.85. The summed E-state index contributed by atoms with van der Waals surface area (Å²) in [4.78, 5) is 13.8. The van der Waals surface area contributed by atoms with Crippen LogP contribution in [0.4, 0.5) is 0 Å². The zero-order valence-corrected chi connectivity index (χ0v) is 8.79. The molecule has 74 valence electrons. The summed E-state index contributed by atoms with van der Waals surface area (Å²) < 4.78 is 0. The van der Waals surface area contributed by atoms with Crippen LogP contribution < -0.4 is 0 Å². The molecule has 0 aliphatic heterocycles. The predicted octanol–water partition coefficient (Wildman–Crippen LogP) is 3.32. The van der Waals surface area contributed by atoms with Gasteiger partial charge in [0, 0.05) is 22.2 Å². The minimum atomic E-state index is 0.769. The summed E-state index contributed by atoms with van der Waals surface area (Å²) in [7, 11) is 0. The molecular weight excluding hydrogens is 174 g/mol. The highest BCUT2D eigenvalue weighted by Gasteiger charge is 2.04. The second kappa shape index (κ2) is 4.61. The molecule has 0 radical (unpaired) electrons. The molecule has 2 nitrogen and oxygen atoms in total. The number of aldehydes is 1. The average molecular weight is 189 g/mol. The van der Waals surface area contributed by atoms with E-state index in [0.29, 0.717) is 0 Å². The van der Waals surface area contributed by atoms with Gasteiger partial charge in [-0.1, -0.05) is 32.0 Å². The molecule has 2 aromatic rings. The second-order valence-electron chi connectivity index (χ2n) is 2.83. The van der Waals surface area contributed by atoms with Crippen molar-refractivity contribution in [2.75, 3.05) is 0 Å². The number of carbonyl (C=O) groups is 1. The Labute approximate surface area is 83.9 Å². The standard InChI is InChI=1S/C10H9NO.C2H6/c1-7-9(6-12)8-4-2-3-5-10(8)11-7;1-2/h2-6,11H,1H3;1-2H3. The van der Waals surface area contributed by atoms with Crippen molar-refractivity contribution in [3.05, 3.63) is 35.5 Å². The van der Waals surface area contributed by atoms with Gasteiger partial charge in [0.1, 0.15) is 0 Å². The third-order valence-corrected chi connectivity index (χ3v) is 2.06. The molecule has 1 N–H and O–H groups in total. The summed E-state index contributed by atoms with van der Waals surface area (Å²) in [6.07, 6.45) is 0.897. The summed E-state index contributed by atoms with van der Waals surface area (Å²) in [5.41, 5.74) is 2.73. The monoisotopic (exact) mass is 189 g/mol. The Hall–Kier alpha value is -1.57. The number of carbonyl (C=O) groups excluding carboxylic acids is 1. The SMILES string of the molecule is CC.Cc1[nH]c2ccccc2c1C=O. The molecule has 0 fully saturated rings. The van der Waals surface area contributed by atoms with Gasteiger partial charge in [0.15, 0.2) is 6.29 Å². The second-order valence-corrected chi connectivity index (χ2v) is 2.83. The third-order valence-electron chi connectivity index (χ3n) is 2.06. The van der Waals surface area contributed by atoms with Crippen LogP contribution in [0.5, 0.6) is 0 Å². The number of H-pyrrole nitrogens is 1. The largest absolute Gasteiger partial charge is 0.358 e. The van der Waals surface area contributed by atoms with Crippen molar-refractivity contribution in [1.82, 2.24) is 4.98 Å². The van der Waals surface area contributed by atoms with Gasteiger partial charge in [-0.2, -0.15) is 0 Å². The van der Waals surface area contributed by atoms with E-state index in [1.165, 1.54) is 0 Å². The van der Waals surface area contributed by atoms with Gasteiger partial charge >= 0.3 is 0 Å². The predicted molar refractivity (Wildman–Crippen MR) is 59.8 cm³/mol. The van der Waals surface area contributed by atoms with E-state index in [9.17, 15) is 4.79 Å². The first-order chi connectivity index (χ1) is 6.83. The smallest absolute Gasteiger partial charge is 0.152 e. The number of hydrogen-bond acceptors (Lipinski definition) is 1. The van der Waals surface area contributed by atoms with Gasteiger partial charge in [-0.25, -0.2) is 0 Å². The number of aromatic nitrogens is 1. The molecule has 0 saturated heterocycles. The molecule has 0 atom stereocenters. The maximum absolute atomic E-state index is 10.7. The first kappa shape index (κ1) is 10.5. The van der Waals surface area contributed by atoms with Crippen LogP contribution in [-0.2, 0) is 0 Å². The molecule has 0 aliphatic rings. The van der Waals surface area contributed by atoms with Crippen LogP contribution in [0, 0.1) is 6.92 Å². The van der Waals surface area contributed by atoms with E-state index in [4.69, 9.17) is 0 Å². The van der Waals surface area contributed by atoms with E-state index >= 15 is 0 Å². The Morgan fingerprint density at radius 1 is 1.21 bits per heavy atom. The van der Waals surface area contributed by atoms with Crippen molar-refractivity contribution in [1.29, 1.82) is 0 Å². The summed E-state index contributed by atoms with van der Waals surface area (Å²) in [6.45, 7) is 5.91. The van der Waals surface area contributed by atoms with Crippen LogP contribution in [-0.4, -0.2) is 11.3 Å². The maximum Gasteiger partial charge on any atom is 0.152 e. The molecule has 2 rings (SSSR count). The molecular formula is C12H15NO. The number of aryl methyl sites for hydroxylation is 1. The van der Waals surface area contributed by atoms with E-state index in [2.05, 4.69) is 4.98 Å². The van der Waals surface area contributed by atoms with Crippen molar-refractivity contribution in [2.45, 2.75) is 20.8 Å². The van der Waals surface area contributed by atoms with Crippen LogP contribution >= 0.6 is 0 Å². The van der Waals surface area contributed by atoms with Crippen molar-refractivity contribution in [3.8, 4) is 0 Å². The molecule has 0 bridgehead atoms. The Balaban J connectivity index is 0.000000461. The number of rotatable bonds is 1. The van der Waals surface area contributed by atoms with Gasteiger partial charge in [-0.3, -0.25) is 4.79 Å². The summed E-state index contributed by atoms with van der Waals surface area (Å²) in [5.74, 6) is 0. The lowest BCUT2D eigenvalue weighted by atomic mass is 10.1. The lowest BCUT2D eigenvalue weighted by molar-refractivity contribution is 0.112. The average Bonchev–Trinajstić information content (AvgIpc) is 2.56. The van der Waals surface area contributed by atoms with E-state index in [0.717, 1.165) is 28.4 Å². The van der Waals surface area contributed by atoms with Crippen LogP contribution in [0.3, 0.4) is 0 Å². The van der Waals surface area contributed by atoms with Gasteiger partial charge in [0.25, 0.3) is 0 Å². The third kappa shape index (κ3) is 1.69. The van der Waals surface area contributed by atoms with Crippen LogP contribution in [0.15, 0.2) is 24.3 Å². The minimum absolute atomic E-state index is 0.769. The number of fused-ring (bicyclic) bond motifs is 1. The normalized spacial score (nSPS) is 9.36. The zero-order chi connectivity index (χ0) is 10.6. The molecule has 0 amide bonds. The quantitative estimate of drug-likeness (QED) is 0.686. The van der Waals surface area contributed by atoms with Crippen molar-refractivity contribution >= 4 is 17.2 Å². The fourth-order valence-corrected chi connectivity index (χ4v) is 1.45. The van der Waals surface area contributed by atoms with E-state index in [-0.39, 0.29) is 0 Å². The van der Waals surface area contributed by atoms with Crippen molar-refractivity contribution in [2.24, 2.45) is 0 Å². The van der Waals surface area contributed by atoms with E-state index in [1.54, 1.807) is 0 Å². The topological polar surface area (TPSA) is 32.9 Å². The van der Waals surface area contributed by atoms with Crippen LogP contribution in [0.1, 0.15) is 29.9 Å². The Bertz CT molecular complexity index is 429. The molecule has 1 aromatic carbocycles. The molecule has 1 heterocycles. The van der Waals surface area contributed by atoms with E-state index < -0.39 is 0 Å². The molecule has 0 saturated carbocycles. The number of para-hydroxylation sites is 1. The molecule has 1 aromatic heterocycles. The zero-order valence-electron chi connectivity index (χ0n) is 8.79. The molecule has 0 spiro atoms. The Kier molecular flexibility index (Phi) is 3.46. The summed E-state index contributed by atoms with van der Waals surface area (Å²) in [5, 5.41) is 1.00. The maximum atomic E-state index is 10.7. The number of benzene rings is 1. The van der Waals surface area contributed by atoms with Crippen molar-refractivity contribution in [3.63, 3.8) is 0 Å². The van der Waals surface area contributed by atoms with Gasteiger partial charge < -0.3 is 4.98 Å². The fourth-order valence-electron chi connectivity index (χ4n) is 1.45. The fraction of sp³-hybridized carbons (Fsp3) is 0.250. The number of aromatic amines is 1. The number of nitrogens with one attached hydrogen (secondary N) is 1. The summed E-state index contributed by atoms with van der Waals surface area (Å²) in [6, 6.07) is 7.80. The highest BCUT2D eigenvalue weighted by atomic mass is 16.1. The summed E-state index contributed by atoms with van der Waals surface area (Å²) >= 11 is 0. The molecule has 0 unspecified atom stereocenters. The van der Waals surface area contributed by atoms with Crippen LogP contribution in [0.25, 0.3) is 10.9 Å².